The number of morpholine rings is 1. The lowest BCUT2D eigenvalue weighted by atomic mass is 10.1. The standard InChI is InChI=1S/C14H21NO2/c1-12(16)10-13-2-4-14(5-3-13)11-15-6-8-17-9-7-15/h2-5,12,16H,6-11H2,1H3/t12-/m1/s1. The monoisotopic (exact) mass is 235 g/mol. The molecule has 1 atom stereocenters. The Morgan fingerprint density at radius 3 is 2.35 bits per heavy atom. The van der Waals surface area contributed by atoms with E-state index in [0.29, 0.717) is 0 Å². The van der Waals surface area contributed by atoms with Crippen molar-refractivity contribution >= 4 is 0 Å². The van der Waals surface area contributed by atoms with Crippen molar-refractivity contribution in [1.29, 1.82) is 0 Å². The average Bonchev–Trinajstić information content (AvgIpc) is 2.32. The van der Waals surface area contributed by atoms with Gasteiger partial charge in [-0.05, 0) is 24.5 Å². The number of aliphatic hydroxyl groups is 1. The molecular weight excluding hydrogens is 214 g/mol. The lowest BCUT2D eigenvalue weighted by Crippen LogP contribution is -2.35. The molecule has 94 valence electrons. The van der Waals surface area contributed by atoms with Crippen LogP contribution in [-0.4, -0.2) is 42.4 Å². The van der Waals surface area contributed by atoms with Crippen LogP contribution in [0.25, 0.3) is 0 Å². The van der Waals surface area contributed by atoms with Crippen LogP contribution in [0.4, 0.5) is 0 Å². The highest BCUT2D eigenvalue weighted by molar-refractivity contribution is 5.23. The van der Waals surface area contributed by atoms with Crippen LogP contribution in [-0.2, 0) is 17.7 Å². The first-order chi connectivity index (χ1) is 8.24. The Bertz CT molecular complexity index is 329. The van der Waals surface area contributed by atoms with E-state index in [1.54, 1.807) is 0 Å². The average molecular weight is 235 g/mol. The summed E-state index contributed by atoms with van der Waals surface area (Å²) in [5, 5.41) is 9.31. The van der Waals surface area contributed by atoms with Crippen molar-refractivity contribution in [3.63, 3.8) is 0 Å². The maximum Gasteiger partial charge on any atom is 0.0594 e. The van der Waals surface area contributed by atoms with Crippen LogP contribution in [0.5, 0.6) is 0 Å². The van der Waals surface area contributed by atoms with Crippen LogP contribution in [0.15, 0.2) is 24.3 Å². The summed E-state index contributed by atoms with van der Waals surface area (Å²) in [7, 11) is 0. The molecule has 0 aromatic heterocycles. The van der Waals surface area contributed by atoms with Crippen molar-refractivity contribution in [2.24, 2.45) is 0 Å². The molecule has 0 unspecified atom stereocenters. The lowest BCUT2D eigenvalue weighted by molar-refractivity contribution is 0.0342. The molecule has 3 nitrogen and oxygen atoms in total. The highest BCUT2D eigenvalue weighted by Crippen LogP contribution is 2.10. The van der Waals surface area contributed by atoms with Gasteiger partial charge in [-0.25, -0.2) is 0 Å². The fourth-order valence-corrected chi connectivity index (χ4v) is 2.14. The molecule has 1 aliphatic rings. The van der Waals surface area contributed by atoms with Gasteiger partial charge in [0.05, 0.1) is 19.3 Å². The molecule has 1 heterocycles. The van der Waals surface area contributed by atoms with Crippen molar-refractivity contribution in [1.82, 2.24) is 4.90 Å². The molecule has 1 N–H and O–H groups in total. The third kappa shape index (κ3) is 4.11. The molecule has 3 heteroatoms. The molecule has 0 amide bonds. The second-order valence-corrected chi connectivity index (χ2v) is 4.76. The minimum Gasteiger partial charge on any atom is -0.393 e. The Balaban J connectivity index is 1.88. The summed E-state index contributed by atoms with van der Waals surface area (Å²) in [6.07, 6.45) is 0.470. The second kappa shape index (κ2) is 6.15. The molecule has 1 saturated heterocycles. The van der Waals surface area contributed by atoms with Crippen LogP contribution in [0.1, 0.15) is 18.1 Å². The topological polar surface area (TPSA) is 32.7 Å². The first kappa shape index (κ1) is 12.6. The van der Waals surface area contributed by atoms with Crippen LogP contribution in [0.3, 0.4) is 0 Å². The summed E-state index contributed by atoms with van der Waals surface area (Å²) in [5.41, 5.74) is 2.53. The molecule has 1 aromatic rings. The van der Waals surface area contributed by atoms with Crippen molar-refractivity contribution in [2.75, 3.05) is 26.3 Å². The molecule has 0 radical (unpaired) electrons. The van der Waals surface area contributed by atoms with E-state index >= 15 is 0 Å². The van der Waals surface area contributed by atoms with Gasteiger partial charge in [-0.15, -0.1) is 0 Å². The first-order valence-corrected chi connectivity index (χ1v) is 6.30. The third-order valence-electron chi connectivity index (χ3n) is 3.06. The van der Waals surface area contributed by atoms with E-state index in [2.05, 4.69) is 29.2 Å². The Morgan fingerprint density at radius 1 is 1.18 bits per heavy atom. The van der Waals surface area contributed by atoms with Gasteiger partial charge in [0.15, 0.2) is 0 Å². The van der Waals surface area contributed by atoms with E-state index in [1.165, 1.54) is 11.1 Å². The van der Waals surface area contributed by atoms with Gasteiger partial charge < -0.3 is 9.84 Å². The van der Waals surface area contributed by atoms with Crippen molar-refractivity contribution in [2.45, 2.75) is 26.0 Å². The van der Waals surface area contributed by atoms with E-state index in [-0.39, 0.29) is 6.10 Å². The summed E-state index contributed by atoms with van der Waals surface area (Å²) in [6.45, 7) is 6.56. The molecule has 1 aliphatic heterocycles. The maximum absolute atomic E-state index is 9.31. The van der Waals surface area contributed by atoms with E-state index in [4.69, 9.17) is 4.74 Å². The largest absolute Gasteiger partial charge is 0.393 e. The van der Waals surface area contributed by atoms with E-state index in [9.17, 15) is 5.11 Å². The zero-order chi connectivity index (χ0) is 12.1. The molecule has 0 bridgehead atoms. The quantitative estimate of drug-likeness (QED) is 0.857. The number of nitrogens with zero attached hydrogens (tertiary/aromatic N) is 1. The molecule has 17 heavy (non-hydrogen) atoms. The van der Waals surface area contributed by atoms with E-state index in [0.717, 1.165) is 39.3 Å². The van der Waals surface area contributed by atoms with Gasteiger partial charge in [-0.2, -0.15) is 0 Å². The zero-order valence-electron chi connectivity index (χ0n) is 10.4. The Hall–Kier alpha value is -0.900. The zero-order valence-corrected chi connectivity index (χ0v) is 10.4. The minimum atomic E-state index is -0.264. The Labute approximate surface area is 103 Å². The summed E-state index contributed by atoms with van der Waals surface area (Å²) in [6, 6.07) is 8.55. The smallest absolute Gasteiger partial charge is 0.0594 e. The van der Waals surface area contributed by atoms with Gasteiger partial charge in [0.2, 0.25) is 0 Å². The van der Waals surface area contributed by atoms with Crippen molar-refractivity contribution < 1.29 is 9.84 Å². The highest BCUT2D eigenvalue weighted by atomic mass is 16.5. The third-order valence-corrected chi connectivity index (χ3v) is 3.06. The second-order valence-electron chi connectivity index (χ2n) is 4.76. The summed E-state index contributed by atoms with van der Waals surface area (Å²) in [4.78, 5) is 2.41. The molecule has 2 rings (SSSR count). The molecule has 0 spiro atoms. The molecular formula is C14H21NO2. The van der Waals surface area contributed by atoms with Crippen molar-refractivity contribution in [3.05, 3.63) is 35.4 Å². The number of hydrogen-bond acceptors (Lipinski definition) is 3. The van der Waals surface area contributed by atoms with Gasteiger partial charge in [0.1, 0.15) is 0 Å². The van der Waals surface area contributed by atoms with Gasteiger partial charge in [0, 0.05) is 19.6 Å². The van der Waals surface area contributed by atoms with Gasteiger partial charge in [-0.1, -0.05) is 24.3 Å². The summed E-state index contributed by atoms with van der Waals surface area (Å²) in [5.74, 6) is 0. The molecule has 1 fully saturated rings. The Kier molecular flexibility index (Phi) is 4.54. The fourth-order valence-electron chi connectivity index (χ4n) is 2.14. The molecule has 0 aliphatic carbocycles. The minimum absolute atomic E-state index is 0.264. The van der Waals surface area contributed by atoms with Gasteiger partial charge in [-0.3, -0.25) is 4.90 Å². The van der Waals surface area contributed by atoms with Crippen LogP contribution in [0, 0.1) is 0 Å². The van der Waals surface area contributed by atoms with Gasteiger partial charge in [0.25, 0.3) is 0 Å². The number of benzene rings is 1. The normalized spacial score (nSPS) is 19.2. The first-order valence-electron chi connectivity index (χ1n) is 6.30. The number of aliphatic hydroxyl groups excluding tert-OH is 1. The van der Waals surface area contributed by atoms with Crippen LogP contribution in [0.2, 0.25) is 0 Å². The van der Waals surface area contributed by atoms with Gasteiger partial charge >= 0.3 is 0 Å². The predicted molar refractivity (Wildman–Crippen MR) is 67.9 cm³/mol. The predicted octanol–water partition coefficient (Wildman–Crippen LogP) is 1.44. The highest BCUT2D eigenvalue weighted by Gasteiger charge is 2.10. The maximum atomic E-state index is 9.31. The number of hydrogen-bond donors (Lipinski definition) is 1. The van der Waals surface area contributed by atoms with E-state index < -0.39 is 0 Å². The molecule has 0 saturated carbocycles. The molecule has 1 aromatic carbocycles. The van der Waals surface area contributed by atoms with Crippen molar-refractivity contribution in [3.8, 4) is 0 Å². The lowest BCUT2D eigenvalue weighted by Gasteiger charge is -2.26. The van der Waals surface area contributed by atoms with Crippen LogP contribution >= 0.6 is 0 Å². The van der Waals surface area contributed by atoms with E-state index in [1.807, 2.05) is 6.92 Å². The SMILES string of the molecule is C[C@@H](O)Cc1ccc(CN2CCOCC2)cc1. The fraction of sp³-hybridized carbons (Fsp3) is 0.571. The Morgan fingerprint density at radius 2 is 1.76 bits per heavy atom. The summed E-state index contributed by atoms with van der Waals surface area (Å²) < 4.78 is 5.33. The summed E-state index contributed by atoms with van der Waals surface area (Å²) >= 11 is 0. The number of ether oxygens (including phenoxy) is 1. The number of rotatable bonds is 4. The van der Waals surface area contributed by atoms with Crippen LogP contribution < -0.4 is 0 Å².